The summed E-state index contributed by atoms with van der Waals surface area (Å²) in [4.78, 5) is 18.5. The van der Waals surface area contributed by atoms with Gasteiger partial charge in [0.2, 0.25) is 0 Å². The number of fused-ring (bicyclic) bond motifs is 1. The molecule has 0 aliphatic carbocycles. The van der Waals surface area contributed by atoms with Crippen LogP contribution in [0.25, 0.3) is 11.4 Å². The van der Waals surface area contributed by atoms with Gasteiger partial charge in [0.1, 0.15) is 17.0 Å². The lowest BCUT2D eigenvalue weighted by atomic mass is 9.99. The summed E-state index contributed by atoms with van der Waals surface area (Å²) in [7, 11) is 0. The number of aromatic amines is 1. The van der Waals surface area contributed by atoms with E-state index in [1.807, 2.05) is 33.1 Å². The summed E-state index contributed by atoms with van der Waals surface area (Å²) in [5.41, 5.74) is 5.08. The van der Waals surface area contributed by atoms with E-state index in [2.05, 4.69) is 15.2 Å². The van der Waals surface area contributed by atoms with Crippen LogP contribution in [0.2, 0.25) is 0 Å². The molecule has 3 rings (SSSR count). The van der Waals surface area contributed by atoms with Gasteiger partial charge in [-0.2, -0.15) is 5.10 Å². The van der Waals surface area contributed by atoms with Crippen molar-refractivity contribution in [3.05, 3.63) is 22.1 Å². The molecule has 0 radical (unpaired) electrons. The molecule has 0 saturated heterocycles. The molecule has 1 N–H and O–H groups in total. The number of carbonyl (C=O) groups is 1. The summed E-state index contributed by atoms with van der Waals surface area (Å²) >= 11 is 1.53. The molecular weight excluding hydrogens is 300 g/mol. The first-order chi connectivity index (χ1) is 10.3. The first-order valence-electron chi connectivity index (χ1n) is 7.29. The number of hydrogen-bond donors (Lipinski definition) is 1. The number of nitrogens with one attached hydrogen (secondary N) is 1. The smallest absolute Gasteiger partial charge is 0.410 e. The standard InChI is InChI=1S/C15H20N4O2S/c1-9-5-11-10(6-19(9)14(20)21-15(2,3)4)13(18-17-11)12-7-22-8-16-12/h7-9H,5-6H2,1-4H3,(H,17,18). The van der Waals surface area contributed by atoms with Crippen molar-refractivity contribution in [2.45, 2.75) is 52.3 Å². The Balaban J connectivity index is 1.87. The molecule has 1 unspecified atom stereocenters. The molecular formula is C15H20N4O2S. The average molecular weight is 320 g/mol. The van der Waals surface area contributed by atoms with Crippen LogP contribution in [-0.4, -0.2) is 37.8 Å². The molecule has 0 saturated carbocycles. The molecule has 0 fully saturated rings. The van der Waals surface area contributed by atoms with Gasteiger partial charge < -0.3 is 9.64 Å². The lowest BCUT2D eigenvalue weighted by Crippen LogP contribution is -2.45. The van der Waals surface area contributed by atoms with Crippen LogP contribution in [0.3, 0.4) is 0 Å². The highest BCUT2D eigenvalue weighted by Crippen LogP contribution is 2.31. The maximum atomic E-state index is 12.4. The van der Waals surface area contributed by atoms with E-state index in [0.29, 0.717) is 6.54 Å². The summed E-state index contributed by atoms with van der Waals surface area (Å²) in [5.74, 6) is 0. The number of H-pyrrole nitrogens is 1. The van der Waals surface area contributed by atoms with Crippen molar-refractivity contribution in [3.8, 4) is 11.4 Å². The van der Waals surface area contributed by atoms with E-state index in [-0.39, 0.29) is 12.1 Å². The molecule has 1 atom stereocenters. The van der Waals surface area contributed by atoms with Crippen LogP contribution < -0.4 is 0 Å². The Bertz CT molecular complexity index is 672. The Morgan fingerprint density at radius 3 is 2.91 bits per heavy atom. The van der Waals surface area contributed by atoms with Crippen LogP contribution in [-0.2, 0) is 17.7 Å². The van der Waals surface area contributed by atoms with Gasteiger partial charge in [0.15, 0.2) is 0 Å². The molecule has 6 nitrogen and oxygen atoms in total. The lowest BCUT2D eigenvalue weighted by Gasteiger charge is -2.34. The van der Waals surface area contributed by atoms with Gasteiger partial charge in [-0.1, -0.05) is 0 Å². The van der Waals surface area contributed by atoms with E-state index in [4.69, 9.17) is 4.74 Å². The summed E-state index contributed by atoms with van der Waals surface area (Å²) in [5, 5.41) is 9.44. The number of hydrogen-bond acceptors (Lipinski definition) is 5. The molecule has 1 amide bonds. The zero-order valence-electron chi connectivity index (χ0n) is 13.2. The van der Waals surface area contributed by atoms with Crippen molar-refractivity contribution in [3.63, 3.8) is 0 Å². The summed E-state index contributed by atoms with van der Waals surface area (Å²) in [6.07, 6.45) is 0.460. The minimum atomic E-state index is -0.495. The van der Waals surface area contributed by atoms with E-state index in [0.717, 1.165) is 29.1 Å². The largest absolute Gasteiger partial charge is 0.444 e. The van der Waals surface area contributed by atoms with Crippen LogP contribution in [0.4, 0.5) is 4.79 Å². The molecule has 1 aliphatic rings. The Kier molecular flexibility index (Phi) is 3.68. The second-order valence-corrected chi connectivity index (χ2v) is 7.28. The van der Waals surface area contributed by atoms with Gasteiger partial charge in [-0.05, 0) is 27.7 Å². The second-order valence-electron chi connectivity index (χ2n) is 6.56. The minimum Gasteiger partial charge on any atom is -0.444 e. The SMILES string of the molecule is CC1Cc2[nH]nc(-c3cscn3)c2CN1C(=O)OC(C)(C)C. The Labute approximate surface area is 133 Å². The Morgan fingerprint density at radius 2 is 2.27 bits per heavy atom. The molecule has 7 heteroatoms. The van der Waals surface area contributed by atoms with Crippen LogP contribution in [0.1, 0.15) is 39.0 Å². The molecule has 0 spiro atoms. The fourth-order valence-electron chi connectivity index (χ4n) is 2.58. The van der Waals surface area contributed by atoms with E-state index >= 15 is 0 Å². The highest BCUT2D eigenvalue weighted by molar-refractivity contribution is 7.07. The normalized spacial score (nSPS) is 18.2. The van der Waals surface area contributed by atoms with E-state index in [9.17, 15) is 4.79 Å². The topological polar surface area (TPSA) is 71.1 Å². The van der Waals surface area contributed by atoms with E-state index in [1.165, 1.54) is 11.3 Å². The number of rotatable bonds is 1. The fourth-order valence-corrected chi connectivity index (χ4v) is 3.12. The van der Waals surface area contributed by atoms with Crippen molar-refractivity contribution in [1.82, 2.24) is 20.1 Å². The van der Waals surface area contributed by atoms with E-state index < -0.39 is 5.60 Å². The molecule has 0 bridgehead atoms. The summed E-state index contributed by atoms with van der Waals surface area (Å²) in [6, 6.07) is 0.0751. The van der Waals surface area contributed by atoms with Crippen LogP contribution >= 0.6 is 11.3 Å². The monoisotopic (exact) mass is 320 g/mol. The fraction of sp³-hybridized carbons (Fsp3) is 0.533. The van der Waals surface area contributed by atoms with Crippen molar-refractivity contribution in [1.29, 1.82) is 0 Å². The van der Waals surface area contributed by atoms with Gasteiger partial charge in [-0.3, -0.25) is 5.10 Å². The van der Waals surface area contributed by atoms with Crippen molar-refractivity contribution in [2.75, 3.05) is 0 Å². The molecule has 0 aromatic carbocycles. The van der Waals surface area contributed by atoms with Gasteiger partial charge >= 0.3 is 6.09 Å². The predicted molar refractivity (Wildman–Crippen MR) is 84.6 cm³/mol. The van der Waals surface area contributed by atoms with Crippen molar-refractivity contribution in [2.24, 2.45) is 0 Å². The van der Waals surface area contributed by atoms with Gasteiger partial charge in [-0.15, -0.1) is 11.3 Å². The predicted octanol–water partition coefficient (Wildman–Crippen LogP) is 3.21. The highest BCUT2D eigenvalue weighted by atomic mass is 32.1. The average Bonchev–Trinajstić information content (AvgIpc) is 3.02. The maximum Gasteiger partial charge on any atom is 0.410 e. The zero-order valence-corrected chi connectivity index (χ0v) is 14.0. The number of carbonyl (C=O) groups excluding carboxylic acids is 1. The Hall–Kier alpha value is -1.89. The third-order valence-corrected chi connectivity index (χ3v) is 4.20. The third kappa shape index (κ3) is 2.85. The molecule has 3 heterocycles. The van der Waals surface area contributed by atoms with Gasteiger partial charge in [0.05, 0.1) is 12.1 Å². The highest BCUT2D eigenvalue weighted by Gasteiger charge is 2.33. The van der Waals surface area contributed by atoms with Crippen molar-refractivity contribution >= 4 is 17.4 Å². The minimum absolute atomic E-state index is 0.0751. The molecule has 2 aromatic rings. The summed E-state index contributed by atoms with van der Waals surface area (Å²) in [6.45, 7) is 8.15. The molecule has 118 valence electrons. The quantitative estimate of drug-likeness (QED) is 0.876. The zero-order chi connectivity index (χ0) is 15.9. The van der Waals surface area contributed by atoms with E-state index in [1.54, 1.807) is 10.4 Å². The van der Waals surface area contributed by atoms with Gasteiger partial charge in [-0.25, -0.2) is 9.78 Å². The van der Waals surface area contributed by atoms with Crippen LogP contribution in [0, 0.1) is 0 Å². The molecule has 2 aromatic heterocycles. The number of nitrogens with zero attached hydrogens (tertiary/aromatic N) is 3. The van der Waals surface area contributed by atoms with Crippen molar-refractivity contribution < 1.29 is 9.53 Å². The number of amides is 1. The first-order valence-corrected chi connectivity index (χ1v) is 8.24. The van der Waals surface area contributed by atoms with Crippen LogP contribution in [0.15, 0.2) is 10.9 Å². The number of thiazole rings is 1. The van der Waals surface area contributed by atoms with Gasteiger partial charge in [0, 0.05) is 29.1 Å². The van der Waals surface area contributed by atoms with Crippen LogP contribution in [0.5, 0.6) is 0 Å². The number of ether oxygens (including phenoxy) is 1. The second kappa shape index (κ2) is 5.39. The van der Waals surface area contributed by atoms with Gasteiger partial charge in [0.25, 0.3) is 0 Å². The number of aromatic nitrogens is 3. The third-order valence-electron chi connectivity index (χ3n) is 3.62. The summed E-state index contributed by atoms with van der Waals surface area (Å²) < 4.78 is 5.51. The lowest BCUT2D eigenvalue weighted by molar-refractivity contribution is 0.0138. The first kappa shape index (κ1) is 15.0. The molecule has 1 aliphatic heterocycles. The molecule has 22 heavy (non-hydrogen) atoms. The Morgan fingerprint density at radius 1 is 1.50 bits per heavy atom. The maximum absolute atomic E-state index is 12.4.